The predicted molar refractivity (Wildman–Crippen MR) is 75.5 cm³/mol. The fourth-order valence-corrected chi connectivity index (χ4v) is 3.63. The summed E-state index contributed by atoms with van der Waals surface area (Å²) in [7, 11) is -3.71. The van der Waals surface area contributed by atoms with Crippen LogP contribution in [0.4, 0.5) is 14.5 Å². The van der Waals surface area contributed by atoms with Gasteiger partial charge in [0.15, 0.2) is 5.82 Å². The third-order valence-corrected chi connectivity index (χ3v) is 5.06. The monoisotopic (exact) mass is 403 g/mol. The van der Waals surface area contributed by atoms with Crippen LogP contribution >= 0.6 is 22.6 Å². The summed E-state index contributed by atoms with van der Waals surface area (Å²) in [5, 5.41) is 0. The minimum Gasteiger partial charge on any atom is -0.377 e. The van der Waals surface area contributed by atoms with Crippen molar-refractivity contribution in [3.05, 3.63) is 27.3 Å². The maximum absolute atomic E-state index is 13.7. The van der Waals surface area contributed by atoms with E-state index in [0.29, 0.717) is 13.0 Å². The molecule has 0 spiro atoms. The first-order valence-electron chi connectivity index (χ1n) is 5.64. The van der Waals surface area contributed by atoms with Gasteiger partial charge in [-0.3, -0.25) is 4.72 Å². The van der Waals surface area contributed by atoms with Gasteiger partial charge < -0.3 is 4.74 Å². The van der Waals surface area contributed by atoms with Gasteiger partial charge in [0.25, 0.3) is 0 Å². The predicted octanol–water partition coefficient (Wildman–Crippen LogP) is 2.49. The van der Waals surface area contributed by atoms with Crippen LogP contribution in [-0.2, 0) is 14.8 Å². The SMILES string of the molecule is O=S(=O)(C[C@H]1CCCO1)Nc1ccc(F)c(I)c1F. The maximum Gasteiger partial charge on any atom is 0.235 e. The quantitative estimate of drug-likeness (QED) is 0.621. The highest BCUT2D eigenvalue weighted by Gasteiger charge is 2.24. The molecule has 0 bridgehead atoms. The average Bonchev–Trinajstić information content (AvgIpc) is 2.82. The van der Waals surface area contributed by atoms with Crippen molar-refractivity contribution in [3.8, 4) is 0 Å². The van der Waals surface area contributed by atoms with Crippen LogP contribution in [0, 0.1) is 15.2 Å². The van der Waals surface area contributed by atoms with Gasteiger partial charge in [-0.2, -0.15) is 0 Å². The lowest BCUT2D eigenvalue weighted by Crippen LogP contribution is -2.26. The molecule has 0 saturated carbocycles. The van der Waals surface area contributed by atoms with E-state index >= 15 is 0 Å². The Hall–Kier alpha value is -0.480. The Kier molecular flexibility index (Phi) is 4.62. The molecular weight excluding hydrogens is 391 g/mol. The molecule has 1 saturated heterocycles. The molecule has 1 aromatic rings. The third kappa shape index (κ3) is 3.76. The molecule has 1 aliphatic rings. The second-order valence-corrected chi connectivity index (χ2v) is 7.09. The topological polar surface area (TPSA) is 55.4 Å². The second-order valence-electron chi connectivity index (χ2n) is 4.24. The van der Waals surface area contributed by atoms with Crippen molar-refractivity contribution < 1.29 is 21.9 Å². The summed E-state index contributed by atoms with van der Waals surface area (Å²) >= 11 is 1.49. The Balaban J connectivity index is 2.13. The Morgan fingerprint density at radius 3 is 2.79 bits per heavy atom. The fourth-order valence-electron chi connectivity index (χ4n) is 1.83. The molecule has 1 aliphatic heterocycles. The molecule has 0 radical (unpaired) electrons. The number of sulfonamides is 1. The molecular formula is C11H12F2INO3S. The number of ether oxygens (including phenoxy) is 1. The zero-order chi connectivity index (χ0) is 14.0. The summed E-state index contributed by atoms with van der Waals surface area (Å²) in [6, 6.07) is 2.09. The van der Waals surface area contributed by atoms with Crippen LogP contribution in [0.3, 0.4) is 0 Å². The third-order valence-electron chi connectivity index (χ3n) is 2.73. The van der Waals surface area contributed by atoms with Crippen molar-refractivity contribution in [2.45, 2.75) is 18.9 Å². The number of benzene rings is 1. The summed E-state index contributed by atoms with van der Waals surface area (Å²) in [4.78, 5) is 0. The van der Waals surface area contributed by atoms with E-state index in [1.807, 2.05) is 0 Å². The molecule has 8 heteroatoms. The minimum atomic E-state index is -3.71. The van der Waals surface area contributed by atoms with Crippen LogP contribution < -0.4 is 4.72 Å². The molecule has 1 N–H and O–H groups in total. The Morgan fingerprint density at radius 1 is 1.42 bits per heavy atom. The molecule has 0 amide bonds. The maximum atomic E-state index is 13.7. The molecule has 2 rings (SSSR count). The van der Waals surface area contributed by atoms with Crippen molar-refractivity contribution in [2.75, 3.05) is 17.1 Å². The van der Waals surface area contributed by atoms with E-state index in [2.05, 4.69) is 4.72 Å². The highest BCUT2D eigenvalue weighted by molar-refractivity contribution is 14.1. The highest BCUT2D eigenvalue weighted by Crippen LogP contribution is 2.24. The van der Waals surface area contributed by atoms with E-state index in [9.17, 15) is 17.2 Å². The number of nitrogens with one attached hydrogen (secondary N) is 1. The average molecular weight is 403 g/mol. The van der Waals surface area contributed by atoms with Crippen LogP contribution in [0.25, 0.3) is 0 Å². The van der Waals surface area contributed by atoms with Crippen LogP contribution in [0.1, 0.15) is 12.8 Å². The van der Waals surface area contributed by atoms with Gasteiger partial charge in [0.2, 0.25) is 10.0 Å². The van der Waals surface area contributed by atoms with Crippen LogP contribution in [0.15, 0.2) is 12.1 Å². The number of hydrogen-bond donors (Lipinski definition) is 1. The van der Waals surface area contributed by atoms with E-state index in [-0.39, 0.29) is 21.1 Å². The van der Waals surface area contributed by atoms with Crippen molar-refractivity contribution in [3.63, 3.8) is 0 Å². The van der Waals surface area contributed by atoms with Gasteiger partial charge in [-0.1, -0.05) is 0 Å². The van der Waals surface area contributed by atoms with E-state index in [0.717, 1.165) is 18.6 Å². The fraction of sp³-hybridized carbons (Fsp3) is 0.455. The molecule has 4 nitrogen and oxygen atoms in total. The van der Waals surface area contributed by atoms with Crippen LogP contribution in [0.5, 0.6) is 0 Å². The molecule has 19 heavy (non-hydrogen) atoms. The molecule has 0 aliphatic carbocycles. The van der Waals surface area contributed by atoms with E-state index in [1.165, 1.54) is 22.6 Å². The van der Waals surface area contributed by atoms with Crippen LogP contribution in [0.2, 0.25) is 0 Å². The van der Waals surface area contributed by atoms with Crippen molar-refractivity contribution in [1.82, 2.24) is 0 Å². The molecule has 1 aromatic carbocycles. The first-order valence-corrected chi connectivity index (χ1v) is 8.38. The summed E-state index contributed by atoms with van der Waals surface area (Å²) in [6.45, 7) is 0.545. The molecule has 1 atom stereocenters. The number of anilines is 1. The van der Waals surface area contributed by atoms with E-state index in [4.69, 9.17) is 4.74 Å². The molecule has 0 unspecified atom stereocenters. The Labute approximate surface area is 123 Å². The summed E-state index contributed by atoms with van der Waals surface area (Å²) < 4.78 is 57.6. The zero-order valence-electron chi connectivity index (χ0n) is 9.83. The van der Waals surface area contributed by atoms with Gasteiger partial charge >= 0.3 is 0 Å². The zero-order valence-corrected chi connectivity index (χ0v) is 12.8. The molecule has 1 fully saturated rings. The second kappa shape index (κ2) is 5.88. The summed E-state index contributed by atoms with van der Waals surface area (Å²) in [6.07, 6.45) is 1.13. The van der Waals surface area contributed by atoms with E-state index < -0.39 is 21.7 Å². The van der Waals surface area contributed by atoms with Crippen LogP contribution in [-0.4, -0.2) is 26.9 Å². The van der Waals surface area contributed by atoms with Gasteiger partial charge in [-0.15, -0.1) is 0 Å². The standard InChI is InChI=1S/C11H12F2INO3S/c12-8-3-4-9(10(13)11(8)14)15-19(16,17)6-7-2-1-5-18-7/h3-4,7,15H,1-2,5-6H2/t7-/m1/s1. The van der Waals surface area contributed by atoms with Gasteiger partial charge in [-0.05, 0) is 47.6 Å². The normalized spacial score (nSPS) is 19.6. The Morgan fingerprint density at radius 2 is 2.16 bits per heavy atom. The highest BCUT2D eigenvalue weighted by atomic mass is 127. The van der Waals surface area contributed by atoms with Gasteiger partial charge in [-0.25, -0.2) is 17.2 Å². The first kappa shape index (κ1) is 14.9. The van der Waals surface area contributed by atoms with Gasteiger partial charge in [0.1, 0.15) is 5.82 Å². The van der Waals surface area contributed by atoms with E-state index in [1.54, 1.807) is 0 Å². The number of rotatable bonds is 4. The number of halogens is 3. The summed E-state index contributed by atoms with van der Waals surface area (Å²) in [5.41, 5.74) is -0.246. The van der Waals surface area contributed by atoms with Crippen molar-refractivity contribution in [2.24, 2.45) is 0 Å². The molecule has 0 aromatic heterocycles. The smallest absolute Gasteiger partial charge is 0.235 e. The molecule has 1 heterocycles. The lowest BCUT2D eigenvalue weighted by atomic mass is 10.3. The minimum absolute atomic E-state index is 0.222. The lowest BCUT2D eigenvalue weighted by molar-refractivity contribution is 0.127. The Bertz CT molecular complexity index is 574. The van der Waals surface area contributed by atoms with Crippen molar-refractivity contribution in [1.29, 1.82) is 0 Å². The first-order chi connectivity index (χ1) is 8.89. The summed E-state index contributed by atoms with van der Waals surface area (Å²) in [5.74, 6) is -1.85. The largest absolute Gasteiger partial charge is 0.377 e. The lowest BCUT2D eigenvalue weighted by Gasteiger charge is -2.13. The van der Waals surface area contributed by atoms with Gasteiger partial charge in [0, 0.05) is 6.61 Å². The van der Waals surface area contributed by atoms with Gasteiger partial charge in [0.05, 0.1) is 21.1 Å². The molecule has 106 valence electrons. The van der Waals surface area contributed by atoms with Crippen molar-refractivity contribution >= 4 is 38.3 Å². The number of hydrogen-bond acceptors (Lipinski definition) is 3.